The Kier molecular flexibility index (Phi) is 4.68. The number of Topliss-reactive ketones (excluding diaryl/α,β-unsaturated/α-hetero) is 1. The second-order valence-electron chi connectivity index (χ2n) is 4.69. The van der Waals surface area contributed by atoms with Crippen molar-refractivity contribution >= 4 is 11.8 Å². The number of benzene rings is 1. The summed E-state index contributed by atoms with van der Waals surface area (Å²) in [7, 11) is 0. The van der Waals surface area contributed by atoms with Gasteiger partial charge in [-0.3, -0.25) is 9.59 Å². The summed E-state index contributed by atoms with van der Waals surface area (Å²) in [6, 6.07) is 9.10. The molecule has 0 saturated carbocycles. The van der Waals surface area contributed by atoms with Crippen LogP contribution in [0.2, 0.25) is 0 Å². The van der Waals surface area contributed by atoms with Gasteiger partial charge in [0.05, 0.1) is 0 Å². The van der Waals surface area contributed by atoms with Crippen LogP contribution in [0.4, 0.5) is 0 Å². The molecule has 1 fully saturated rings. The molecular weight excluding hydrogens is 244 g/mol. The van der Waals surface area contributed by atoms with E-state index in [2.05, 4.69) is 0 Å². The topological polar surface area (TPSA) is 52.6 Å². The van der Waals surface area contributed by atoms with Crippen LogP contribution in [-0.2, 0) is 14.3 Å². The van der Waals surface area contributed by atoms with Gasteiger partial charge in [0, 0.05) is 25.5 Å². The molecule has 2 rings (SSSR count). The fraction of sp³-hybridized carbons (Fsp3) is 0.467. The highest BCUT2D eigenvalue weighted by Crippen LogP contribution is 2.21. The van der Waals surface area contributed by atoms with Gasteiger partial charge in [-0.1, -0.05) is 30.3 Å². The van der Waals surface area contributed by atoms with Crippen LogP contribution in [0.15, 0.2) is 30.3 Å². The molecule has 0 N–H and O–H groups in total. The lowest BCUT2D eigenvalue weighted by Crippen LogP contribution is -2.38. The van der Waals surface area contributed by atoms with Crippen LogP contribution in [0.3, 0.4) is 0 Å². The fourth-order valence-electron chi connectivity index (χ4n) is 2.28. The van der Waals surface area contributed by atoms with E-state index in [1.165, 1.54) is 6.92 Å². The SMILES string of the molecule is CC(=O)O[C@@H]1CCCO[C@H]1CC(=O)c1ccccc1. The van der Waals surface area contributed by atoms with E-state index in [0.29, 0.717) is 12.2 Å². The van der Waals surface area contributed by atoms with Gasteiger partial charge in [0.2, 0.25) is 0 Å². The van der Waals surface area contributed by atoms with Gasteiger partial charge in [-0.05, 0) is 12.8 Å². The van der Waals surface area contributed by atoms with E-state index in [1.807, 2.05) is 18.2 Å². The van der Waals surface area contributed by atoms with Crippen molar-refractivity contribution in [1.82, 2.24) is 0 Å². The average Bonchev–Trinajstić information content (AvgIpc) is 2.41. The lowest BCUT2D eigenvalue weighted by Gasteiger charge is -2.30. The van der Waals surface area contributed by atoms with Crippen LogP contribution >= 0.6 is 0 Å². The first-order valence-corrected chi connectivity index (χ1v) is 6.54. The number of ether oxygens (including phenoxy) is 2. The lowest BCUT2D eigenvalue weighted by atomic mass is 9.97. The van der Waals surface area contributed by atoms with E-state index in [9.17, 15) is 9.59 Å². The van der Waals surface area contributed by atoms with Gasteiger partial charge in [-0.25, -0.2) is 0 Å². The Labute approximate surface area is 112 Å². The number of hydrogen-bond donors (Lipinski definition) is 0. The van der Waals surface area contributed by atoms with Gasteiger partial charge < -0.3 is 9.47 Å². The van der Waals surface area contributed by atoms with Gasteiger partial charge in [0.15, 0.2) is 5.78 Å². The van der Waals surface area contributed by atoms with E-state index >= 15 is 0 Å². The Balaban J connectivity index is 1.99. The largest absolute Gasteiger partial charge is 0.460 e. The monoisotopic (exact) mass is 262 g/mol. The first-order valence-electron chi connectivity index (χ1n) is 6.54. The Morgan fingerprint density at radius 1 is 1.32 bits per heavy atom. The Hall–Kier alpha value is -1.68. The van der Waals surface area contributed by atoms with Crippen molar-refractivity contribution in [1.29, 1.82) is 0 Å². The van der Waals surface area contributed by atoms with Crippen LogP contribution in [-0.4, -0.2) is 30.6 Å². The van der Waals surface area contributed by atoms with E-state index < -0.39 is 0 Å². The molecule has 4 heteroatoms. The normalized spacial score (nSPS) is 22.8. The number of carbonyl (C=O) groups is 2. The molecule has 19 heavy (non-hydrogen) atoms. The molecule has 1 heterocycles. The summed E-state index contributed by atoms with van der Waals surface area (Å²) in [4.78, 5) is 23.2. The third-order valence-corrected chi connectivity index (χ3v) is 3.18. The van der Waals surface area contributed by atoms with Crippen molar-refractivity contribution in [2.45, 2.75) is 38.4 Å². The molecule has 1 aliphatic heterocycles. The number of esters is 1. The second kappa shape index (κ2) is 6.48. The van der Waals surface area contributed by atoms with Crippen molar-refractivity contribution in [3.8, 4) is 0 Å². The molecule has 4 nitrogen and oxygen atoms in total. The van der Waals surface area contributed by atoms with Crippen molar-refractivity contribution in [2.24, 2.45) is 0 Å². The molecule has 1 aromatic carbocycles. The predicted octanol–water partition coefficient (Wildman–Crippen LogP) is 2.37. The van der Waals surface area contributed by atoms with Crippen LogP contribution in [0.25, 0.3) is 0 Å². The first kappa shape index (κ1) is 13.7. The zero-order valence-corrected chi connectivity index (χ0v) is 11.0. The second-order valence-corrected chi connectivity index (χ2v) is 4.69. The molecule has 0 bridgehead atoms. The quantitative estimate of drug-likeness (QED) is 0.617. The third kappa shape index (κ3) is 3.89. The highest BCUT2D eigenvalue weighted by atomic mass is 16.6. The first-order chi connectivity index (χ1) is 9.16. The van der Waals surface area contributed by atoms with Gasteiger partial charge >= 0.3 is 5.97 Å². The zero-order chi connectivity index (χ0) is 13.7. The molecular formula is C15H18O4. The lowest BCUT2D eigenvalue weighted by molar-refractivity contribution is -0.160. The summed E-state index contributed by atoms with van der Waals surface area (Å²) >= 11 is 0. The Morgan fingerprint density at radius 2 is 2.05 bits per heavy atom. The molecule has 0 amide bonds. The highest BCUT2D eigenvalue weighted by molar-refractivity contribution is 5.96. The van der Waals surface area contributed by atoms with Crippen molar-refractivity contribution < 1.29 is 19.1 Å². The predicted molar refractivity (Wildman–Crippen MR) is 69.9 cm³/mol. The molecule has 0 unspecified atom stereocenters. The summed E-state index contributed by atoms with van der Waals surface area (Å²) in [5.41, 5.74) is 0.665. The number of rotatable bonds is 4. The summed E-state index contributed by atoms with van der Waals surface area (Å²) in [5, 5.41) is 0. The molecule has 0 aromatic heterocycles. The van der Waals surface area contributed by atoms with Gasteiger partial charge in [0.25, 0.3) is 0 Å². The fourth-order valence-corrected chi connectivity index (χ4v) is 2.28. The molecule has 1 saturated heterocycles. The van der Waals surface area contributed by atoms with E-state index in [4.69, 9.17) is 9.47 Å². The molecule has 0 radical (unpaired) electrons. The number of carbonyl (C=O) groups excluding carboxylic acids is 2. The van der Waals surface area contributed by atoms with Crippen molar-refractivity contribution in [3.63, 3.8) is 0 Å². The van der Waals surface area contributed by atoms with Crippen LogP contribution < -0.4 is 0 Å². The third-order valence-electron chi connectivity index (χ3n) is 3.18. The Bertz CT molecular complexity index is 441. The Morgan fingerprint density at radius 3 is 2.74 bits per heavy atom. The molecule has 2 atom stereocenters. The average molecular weight is 262 g/mol. The summed E-state index contributed by atoms with van der Waals surface area (Å²) in [6.07, 6.45) is 1.23. The highest BCUT2D eigenvalue weighted by Gasteiger charge is 2.30. The maximum Gasteiger partial charge on any atom is 0.302 e. The van der Waals surface area contributed by atoms with Gasteiger partial charge in [-0.15, -0.1) is 0 Å². The molecule has 0 aliphatic carbocycles. The smallest absolute Gasteiger partial charge is 0.302 e. The molecule has 0 spiro atoms. The van der Waals surface area contributed by atoms with Crippen molar-refractivity contribution in [3.05, 3.63) is 35.9 Å². The zero-order valence-electron chi connectivity index (χ0n) is 11.0. The summed E-state index contributed by atoms with van der Waals surface area (Å²) < 4.78 is 10.8. The number of hydrogen-bond acceptors (Lipinski definition) is 4. The summed E-state index contributed by atoms with van der Waals surface area (Å²) in [5.74, 6) is -0.308. The maximum atomic E-state index is 12.1. The molecule has 1 aromatic rings. The van der Waals surface area contributed by atoms with Gasteiger partial charge in [-0.2, -0.15) is 0 Å². The minimum atomic E-state index is -0.328. The maximum absolute atomic E-state index is 12.1. The molecule has 1 aliphatic rings. The minimum absolute atomic E-state index is 0.0182. The van der Waals surface area contributed by atoms with E-state index in [1.54, 1.807) is 12.1 Å². The van der Waals surface area contributed by atoms with Crippen LogP contribution in [0, 0.1) is 0 Å². The van der Waals surface area contributed by atoms with Crippen LogP contribution in [0.5, 0.6) is 0 Å². The number of ketones is 1. The standard InChI is InChI=1S/C15H18O4/c1-11(16)19-14-8-5-9-18-15(14)10-13(17)12-6-3-2-4-7-12/h2-4,6-7,14-15H,5,8-10H2,1H3/t14-,15+/m1/s1. The summed E-state index contributed by atoms with van der Waals surface area (Å²) in [6.45, 7) is 2.00. The molecule has 102 valence electrons. The van der Waals surface area contributed by atoms with Crippen molar-refractivity contribution in [2.75, 3.05) is 6.61 Å². The van der Waals surface area contributed by atoms with Gasteiger partial charge in [0.1, 0.15) is 12.2 Å². The minimum Gasteiger partial charge on any atom is -0.460 e. The van der Waals surface area contributed by atoms with Crippen LogP contribution in [0.1, 0.15) is 36.5 Å². The van der Waals surface area contributed by atoms with E-state index in [-0.39, 0.29) is 30.4 Å². The van der Waals surface area contributed by atoms with E-state index in [0.717, 1.165) is 12.8 Å².